The molecule has 2 nitrogen and oxygen atoms in total. The largest absolute Gasteiger partial charge is 0.310 e. The normalized spacial score (nSPS) is 9.79. The summed E-state index contributed by atoms with van der Waals surface area (Å²) in [6.07, 6.45) is 1.81. The Morgan fingerprint density at radius 2 is 1.79 bits per heavy atom. The summed E-state index contributed by atoms with van der Waals surface area (Å²) >= 11 is 1.78. The van der Waals surface area contributed by atoms with Crippen molar-refractivity contribution in [1.82, 2.24) is 10.3 Å². The number of hydrogen-bond acceptors (Lipinski definition) is 3. The molecule has 1 N–H and O–H groups in total. The predicted molar refractivity (Wildman–Crippen MR) is 86.7 cm³/mol. The first-order chi connectivity index (χ1) is 9.06. The summed E-state index contributed by atoms with van der Waals surface area (Å²) in [5, 5.41) is 5.27. The van der Waals surface area contributed by atoms with E-state index >= 15 is 0 Å². The van der Waals surface area contributed by atoms with Crippen LogP contribution in [0.15, 0.2) is 41.9 Å². The Morgan fingerprint density at radius 3 is 2.11 bits per heavy atom. The fourth-order valence-electron chi connectivity index (χ4n) is 1.22. The van der Waals surface area contributed by atoms with E-state index in [1.165, 1.54) is 4.88 Å². The van der Waals surface area contributed by atoms with Crippen LogP contribution in [-0.4, -0.2) is 12.0 Å². The molecule has 0 amide bonds. The van der Waals surface area contributed by atoms with Crippen molar-refractivity contribution in [1.29, 1.82) is 0 Å². The van der Waals surface area contributed by atoms with Gasteiger partial charge in [-0.05, 0) is 51.4 Å². The van der Waals surface area contributed by atoms with Gasteiger partial charge in [0.05, 0.1) is 11.2 Å². The van der Waals surface area contributed by atoms with Crippen molar-refractivity contribution < 1.29 is 0 Å². The molecule has 0 aromatic carbocycles. The SMILES string of the molecule is CC.CNC(C)(C)c1ccccn1.Cc1cccs1. The van der Waals surface area contributed by atoms with Gasteiger partial charge in [-0.3, -0.25) is 4.98 Å². The zero-order chi connectivity index (χ0) is 14.7. The summed E-state index contributed by atoms with van der Waals surface area (Å²) in [6, 6.07) is 10.1. The maximum Gasteiger partial charge on any atom is 0.0598 e. The number of aromatic nitrogens is 1. The van der Waals surface area contributed by atoms with Crippen molar-refractivity contribution >= 4 is 11.3 Å². The van der Waals surface area contributed by atoms with Crippen LogP contribution in [0.25, 0.3) is 0 Å². The first-order valence-electron chi connectivity index (χ1n) is 6.67. The maximum atomic E-state index is 4.26. The topological polar surface area (TPSA) is 24.9 Å². The lowest BCUT2D eigenvalue weighted by atomic mass is 10.0. The summed E-state index contributed by atoms with van der Waals surface area (Å²) in [6.45, 7) is 10.3. The minimum atomic E-state index is -0.0265. The fraction of sp³-hybridized carbons (Fsp3) is 0.438. The summed E-state index contributed by atoms with van der Waals surface area (Å²) in [4.78, 5) is 5.64. The van der Waals surface area contributed by atoms with Crippen LogP contribution in [0, 0.1) is 6.92 Å². The number of thiophene rings is 1. The molecule has 0 unspecified atom stereocenters. The van der Waals surface area contributed by atoms with E-state index in [1.54, 1.807) is 11.3 Å². The van der Waals surface area contributed by atoms with Crippen molar-refractivity contribution in [2.45, 2.75) is 40.2 Å². The Bertz CT molecular complexity index is 408. The van der Waals surface area contributed by atoms with Gasteiger partial charge in [-0.15, -0.1) is 11.3 Å². The monoisotopic (exact) mass is 278 g/mol. The summed E-state index contributed by atoms with van der Waals surface area (Å²) < 4.78 is 0. The van der Waals surface area contributed by atoms with Crippen LogP contribution in [0.3, 0.4) is 0 Å². The fourth-order valence-corrected chi connectivity index (χ4v) is 1.75. The lowest BCUT2D eigenvalue weighted by Gasteiger charge is -2.22. The molecular weight excluding hydrogens is 252 g/mol. The lowest BCUT2D eigenvalue weighted by Crippen LogP contribution is -2.33. The Labute approximate surface area is 121 Å². The third-order valence-corrected chi connectivity index (χ3v) is 3.39. The van der Waals surface area contributed by atoms with Gasteiger partial charge >= 0.3 is 0 Å². The van der Waals surface area contributed by atoms with E-state index < -0.39 is 0 Å². The molecule has 0 fully saturated rings. The van der Waals surface area contributed by atoms with Crippen LogP contribution in [0.5, 0.6) is 0 Å². The summed E-state index contributed by atoms with van der Waals surface area (Å²) in [7, 11) is 1.94. The third-order valence-electron chi connectivity index (χ3n) is 2.59. The van der Waals surface area contributed by atoms with Crippen LogP contribution < -0.4 is 5.32 Å². The molecule has 3 heteroatoms. The molecule has 0 saturated carbocycles. The van der Waals surface area contributed by atoms with E-state index in [-0.39, 0.29) is 5.54 Å². The van der Waals surface area contributed by atoms with Gasteiger partial charge in [0.25, 0.3) is 0 Å². The first kappa shape index (κ1) is 17.8. The van der Waals surface area contributed by atoms with Gasteiger partial charge in [-0.25, -0.2) is 0 Å². The molecule has 0 aliphatic rings. The van der Waals surface area contributed by atoms with E-state index in [0.717, 1.165) is 5.69 Å². The molecule has 0 bridgehead atoms. The average Bonchev–Trinajstić information content (AvgIpc) is 2.94. The van der Waals surface area contributed by atoms with Crippen molar-refractivity contribution in [3.63, 3.8) is 0 Å². The highest BCUT2D eigenvalue weighted by Gasteiger charge is 2.17. The zero-order valence-corrected chi connectivity index (χ0v) is 13.7. The molecule has 0 radical (unpaired) electrons. The van der Waals surface area contributed by atoms with Gasteiger partial charge in [-0.1, -0.05) is 26.0 Å². The zero-order valence-electron chi connectivity index (χ0n) is 12.9. The van der Waals surface area contributed by atoms with Gasteiger partial charge < -0.3 is 5.32 Å². The molecule has 0 spiro atoms. The van der Waals surface area contributed by atoms with Gasteiger partial charge in [-0.2, -0.15) is 0 Å². The van der Waals surface area contributed by atoms with Crippen LogP contribution in [-0.2, 0) is 5.54 Å². The van der Waals surface area contributed by atoms with Crippen molar-refractivity contribution in [2.75, 3.05) is 7.05 Å². The number of pyridine rings is 1. The molecule has 19 heavy (non-hydrogen) atoms. The molecule has 2 rings (SSSR count). The van der Waals surface area contributed by atoms with Crippen LogP contribution >= 0.6 is 11.3 Å². The minimum absolute atomic E-state index is 0.0265. The number of rotatable bonds is 2. The number of aryl methyl sites for hydroxylation is 1. The summed E-state index contributed by atoms with van der Waals surface area (Å²) in [5.74, 6) is 0. The smallest absolute Gasteiger partial charge is 0.0598 e. The van der Waals surface area contributed by atoms with Crippen molar-refractivity contribution in [3.05, 3.63) is 52.5 Å². The number of hydrogen-bond donors (Lipinski definition) is 1. The molecule has 2 aromatic rings. The average molecular weight is 278 g/mol. The Balaban J connectivity index is 0.000000341. The molecule has 0 aliphatic carbocycles. The molecule has 0 aliphatic heterocycles. The molecular formula is C16H26N2S. The van der Waals surface area contributed by atoms with Crippen molar-refractivity contribution in [2.24, 2.45) is 0 Å². The third kappa shape index (κ3) is 7.09. The molecule has 0 atom stereocenters. The van der Waals surface area contributed by atoms with Gasteiger partial charge in [0.1, 0.15) is 0 Å². The van der Waals surface area contributed by atoms with E-state index in [9.17, 15) is 0 Å². The number of nitrogens with one attached hydrogen (secondary N) is 1. The van der Waals surface area contributed by atoms with Crippen LogP contribution in [0.2, 0.25) is 0 Å². The highest BCUT2D eigenvalue weighted by molar-refractivity contribution is 7.09. The second-order valence-electron chi connectivity index (χ2n) is 4.31. The molecule has 2 aromatic heterocycles. The Kier molecular flexibility index (Phi) is 9.09. The van der Waals surface area contributed by atoms with Gasteiger partial charge in [0.2, 0.25) is 0 Å². The van der Waals surface area contributed by atoms with Gasteiger partial charge in [0.15, 0.2) is 0 Å². The summed E-state index contributed by atoms with van der Waals surface area (Å²) in [5.41, 5.74) is 1.05. The molecule has 106 valence electrons. The van der Waals surface area contributed by atoms with Crippen molar-refractivity contribution in [3.8, 4) is 0 Å². The van der Waals surface area contributed by atoms with E-state index in [4.69, 9.17) is 0 Å². The highest BCUT2D eigenvalue weighted by Crippen LogP contribution is 2.15. The molecule has 2 heterocycles. The standard InChI is InChI=1S/C9H14N2.C5H6S.C2H6/c1-9(2,10-3)8-6-4-5-7-11-8;1-5-3-2-4-6-5;1-2/h4-7,10H,1-3H3;2-4H,1H3;1-2H3. The lowest BCUT2D eigenvalue weighted by molar-refractivity contribution is 0.431. The second-order valence-corrected chi connectivity index (χ2v) is 5.47. The Hall–Kier alpha value is -1.19. The maximum absolute atomic E-state index is 4.26. The van der Waals surface area contributed by atoms with Crippen LogP contribution in [0.4, 0.5) is 0 Å². The quantitative estimate of drug-likeness (QED) is 0.867. The first-order valence-corrected chi connectivity index (χ1v) is 7.55. The van der Waals surface area contributed by atoms with E-state index in [0.29, 0.717) is 0 Å². The van der Waals surface area contributed by atoms with E-state index in [2.05, 4.69) is 48.6 Å². The highest BCUT2D eigenvalue weighted by atomic mass is 32.1. The van der Waals surface area contributed by atoms with E-state index in [1.807, 2.05) is 45.3 Å². The van der Waals surface area contributed by atoms with Gasteiger partial charge in [0, 0.05) is 11.1 Å². The van der Waals surface area contributed by atoms with Crippen LogP contribution in [0.1, 0.15) is 38.3 Å². The Morgan fingerprint density at radius 1 is 1.11 bits per heavy atom. The molecule has 0 saturated heterocycles. The minimum Gasteiger partial charge on any atom is -0.310 e. The number of nitrogens with zero attached hydrogens (tertiary/aromatic N) is 1. The second kappa shape index (κ2) is 9.70. The predicted octanol–water partition coefficient (Wildman–Crippen LogP) is 4.62.